The fraction of sp³-hybridized carbons (Fsp3) is 0.250. The fourth-order valence-electron chi connectivity index (χ4n) is 2.31. The summed E-state index contributed by atoms with van der Waals surface area (Å²) in [6, 6.07) is 12.0. The second-order valence-electron chi connectivity index (χ2n) is 5.03. The Morgan fingerprint density at radius 2 is 2.15 bits per heavy atom. The molecular weight excluding hydrogens is 290 g/mol. The van der Waals surface area contributed by atoms with Gasteiger partial charge in [0.1, 0.15) is 11.9 Å². The molecule has 2 aromatic rings. The largest absolute Gasteiger partial charge is 0.489 e. The summed E-state index contributed by atoms with van der Waals surface area (Å²) in [6.45, 7) is 2.03. The lowest BCUT2D eigenvalue weighted by molar-refractivity contribution is 0.259. The van der Waals surface area contributed by atoms with Crippen LogP contribution in [0.2, 0.25) is 5.02 Å². The minimum Gasteiger partial charge on any atom is -0.489 e. The summed E-state index contributed by atoms with van der Waals surface area (Å²) in [5.74, 6) is 1.89. The maximum Gasteiger partial charge on any atom is 0.123 e. The number of nitrogen functional groups attached to an aromatic ring is 1. The van der Waals surface area contributed by atoms with Crippen LogP contribution >= 0.6 is 23.4 Å². The molecule has 0 spiro atoms. The van der Waals surface area contributed by atoms with E-state index in [1.54, 1.807) is 11.8 Å². The van der Waals surface area contributed by atoms with Crippen molar-refractivity contribution in [3.05, 3.63) is 52.5 Å². The maximum atomic E-state index is 6.00. The van der Waals surface area contributed by atoms with Crippen molar-refractivity contribution in [2.75, 3.05) is 11.5 Å². The Kier molecular flexibility index (Phi) is 3.81. The predicted octanol–water partition coefficient (Wildman–Crippen LogP) is 4.33. The van der Waals surface area contributed by atoms with Crippen molar-refractivity contribution in [2.24, 2.45) is 0 Å². The minimum atomic E-state index is 0.214. The average Bonchev–Trinajstić information content (AvgIpc) is 2.82. The van der Waals surface area contributed by atoms with E-state index in [2.05, 4.69) is 12.1 Å². The number of hydrogen-bond donors (Lipinski definition) is 1. The molecule has 1 unspecified atom stereocenters. The van der Waals surface area contributed by atoms with Crippen LogP contribution in [0, 0.1) is 6.92 Å². The summed E-state index contributed by atoms with van der Waals surface area (Å²) in [4.78, 5) is 1.23. The number of aryl methyl sites for hydroxylation is 1. The van der Waals surface area contributed by atoms with Crippen LogP contribution in [-0.2, 0) is 6.42 Å². The summed E-state index contributed by atoms with van der Waals surface area (Å²) in [6.07, 6.45) is 1.14. The van der Waals surface area contributed by atoms with Crippen LogP contribution in [-0.4, -0.2) is 11.9 Å². The standard InChI is InChI=1S/C16H16ClNOS/c1-10-6-14(3-4-15(10)18)20-9-13-8-11-7-12(17)2-5-16(11)19-13/h2-7,13H,8-9,18H2,1H3. The zero-order chi connectivity index (χ0) is 14.1. The number of thioether (sulfide) groups is 1. The van der Waals surface area contributed by atoms with Crippen LogP contribution in [0.3, 0.4) is 0 Å². The van der Waals surface area contributed by atoms with Gasteiger partial charge in [-0.3, -0.25) is 0 Å². The van der Waals surface area contributed by atoms with Crippen LogP contribution < -0.4 is 10.5 Å². The Bertz CT molecular complexity index is 644. The summed E-state index contributed by atoms with van der Waals surface area (Å²) < 4.78 is 5.93. The predicted molar refractivity (Wildman–Crippen MR) is 85.9 cm³/mol. The topological polar surface area (TPSA) is 35.2 Å². The van der Waals surface area contributed by atoms with Crippen molar-refractivity contribution < 1.29 is 4.74 Å². The second kappa shape index (κ2) is 5.58. The van der Waals surface area contributed by atoms with Gasteiger partial charge in [-0.2, -0.15) is 0 Å². The quantitative estimate of drug-likeness (QED) is 0.677. The van der Waals surface area contributed by atoms with Crippen LogP contribution in [0.5, 0.6) is 5.75 Å². The van der Waals surface area contributed by atoms with Gasteiger partial charge in [0, 0.05) is 27.8 Å². The molecule has 20 heavy (non-hydrogen) atoms. The first-order valence-corrected chi connectivity index (χ1v) is 7.92. The molecular formula is C16H16ClNOS. The molecule has 0 amide bonds. The molecule has 4 heteroatoms. The number of hydrogen-bond acceptors (Lipinski definition) is 3. The average molecular weight is 306 g/mol. The number of anilines is 1. The summed E-state index contributed by atoms with van der Waals surface area (Å²) in [5, 5.41) is 0.773. The highest BCUT2D eigenvalue weighted by Crippen LogP contribution is 2.33. The Balaban J connectivity index is 1.62. The Morgan fingerprint density at radius 1 is 1.30 bits per heavy atom. The van der Waals surface area contributed by atoms with Crippen molar-refractivity contribution in [3.63, 3.8) is 0 Å². The Morgan fingerprint density at radius 3 is 2.95 bits per heavy atom. The lowest BCUT2D eigenvalue weighted by Crippen LogP contribution is -2.15. The zero-order valence-electron chi connectivity index (χ0n) is 11.2. The summed E-state index contributed by atoms with van der Waals surface area (Å²) >= 11 is 7.81. The minimum absolute atomic E-state index is 0.214. The van der Waals surface area contributed by atoms with Crippen molar-refractivity contribution in [1.29, 1.82) is 0 Å². The van der Waals surface area contributed by atoms with Crippen molar-refractivity contribution >= 4 is 29.1 Å². The maximum absolute atomic E-state index is 6.00. The lowest BCUT2D eigenvalue weighted by atomic mass is 10.1. The molecule has 2 N–H and O–H groups in total. The smallest absolute Gasteiger partial charge is 0.123 e. The summed E-state index contributed by atoms with van der Waals surface area (Å²) in [5.41, 5.74) is 9.00. The second-order valence-corrected chi connectivity index (χ2v) is 6.56. The van der Waals surface area contributed by atoms with E-state index in [0.29, 0.717) is 0 Å². The van der Waals surface area contributed by atoms with E-state index in [-0.39, 0.29) is 6.10 Å². The van der Waals surface area contributed by atoms with Crippen molar-refractivity contribution in [2.45, 2.75) is 24.3 Å². The van der Waals surface area contributed by atoms with E-state index in [9.17, 15) is 0 Å². The van der Waals surface area contributed by atoms with Gasteiger partial charge in [0.05, 0.1) is 0 Å². The van der Waals surface area contributed by atoms with Gasteiger partial charge in [0.2, 0.25) is 0 Å². The van der Waals surface area contributed by atoms with Gasteiger partial charge in [-0.25, -0.2) is 0 Å². The SMILES string of the molecule is Cc1cc(SCC2Cc3cc(Cl)ccc3O2)ccc1N. The third kappa shape index (κ3) is 2.89. The first-order valence-electron chi connectivity index (χ1n) is 6.56. The van der Waals surface area contributed by atoms with Gasteiger partial charge in [-0.15, -0.1) is 11.8 Å². The molecule has 0 bridgehead atoms. The highest BCUT2D eigenvalue weighted by Gasteiger charge is 2.23. The van der Waals surface area contributed by atoms with Crippen LogP contribution in [0.15, 0.2) is 41.3 Å². The van der Waals surface area contributed by atoms with Gasteiger partial charge in [-0.1, -0.05) is 11.6 Å². The van der Waals surface area contributed by atoms with Crippen LogP contribution in [0.1, 0.15) is 11.1 Å². The van der Waals surface area contributed by atoms with E-state index in [0.717, 1.165) is 34.2 Å². The molecule has 3 rings (SSSR count). The molecule has 1 atom stereocenters. The normalized spacial score (nSPS) is 16.8. The number of nitrogens with two attached hydrogens (primary N) is 1. The van der Waals surface area contributed by atoms with E-state index >= 15 is 0 Å². The molecule has 0 fully saturated rings. The van der Waals surface area contributed by atoms with E-state index < -0.39 is 0 Å². The first-order chi connectivity index (χ1) is 9.61. The fourth-order valence-corrected chi connectivity index (χ4v) is 3.49. The van der Waals surface area contributed by atoms with E-state index in [4.69, 9.17) is 22.1 Å². The Labute approximate surface area is 128 Å². The molecule has 2 aromatic carbocycles. The number of ether oxygens (including phenoxy) is 1. The van der Waals surface area contributed by atoms with Crippen LogP contribution in [0.25, 0.3) is 0 Å². The Hall–Kier alpha value is -1.32. The highest BCUT2D eigenvalue weighted by molar-refractivity contribution is 7.99. The van der Waals surface area contributed by atoms with Gasteiger partial charge < -0.3 is 10.5 Å². The molecule has 0 saturated heterocycles. The molecule has 0 radical (unpaired) electrons. The third-order valence-electron chi connectivity index (χ3n) is 3.44. The number of benzene rings is 2. The van der Waals surface area contributed by atoms with Gasteiger partial charge >= 0.3 is 0 Å². The van der Waals surface area contributed by atoms with Crippen LogP contribution in [0.4, 0.5) is 5.69 Å². The molecule has 1 aliphatic rings. The number of halogens is 1. The first kappa shape index (κ1) is 13.7. The molecule has 104 valence electrons. The lowest BCUT2D eigenvalue weighted by Gasteiger charge is -2.11. The van der Waals surface area contributed by atoms with Crippen molar-refractivity contribution in [3.8, 4) is 5.75 Å². The monoisotopic (exact) mass is 305 g/mol. The molecule has 0 aliphatic carbocycles. The zero-order valence-corrected chi connectivity index (χ0v) is 12.8. The molecule has 0 aromatic heterocycles. The molecule has 1 heterocycles. The molecule has 1 aliphatic heterocycles. The summed E-state index contributed by atoms with van der Waals surface area (Å²) in [7, 11) is 0. The van der Waals surface area contributed by atoms with Crippen molar-refractivity contribution in [1.82, 2.24) is 0 Å². The molecule has 0 saturated carbocycles. The molecule has 2 nitrogen and oxygen atoms in total. The number of fused-ring (bicyclic) bond motifs is 1. The van der Waals surface area contributed by atoms with Gasteiger partial charge in [0.25, 0.3) is 0 Å². The third-order valence-corrected chi connectivity index (χ3v) is 4.80. The number of rotatable bonds is 3. The van der Waals surface area contributed by atoms with E-state index in [1.807, 2.05) is 31.2 Å². The van der Waals surface area contributed by atoms with Gasteiger partial charge in [0.15, 0.2) is 0 Å². The highest BCUT2D eigenvalue weighted by atomic mass is 35.5. The van der Waals surface area contributed by atoms with E-state index in [1.165, 1.54) is 10.5 Å². The van der Waals surface area contributed by atoms with Gasteiger partial charge in [-0.05, 0) is 54.4 Å².